The van der Waals surface area contributed by atoms with E-state index in [2.05, 4.69) is 14.9 Å². The summed E-state index contributed by atoms with van der Waals surface area (Å²) < 4.78 is 4.57. The highest BCUT2D eigenvalue weighted by molar-refractivity contribution is 5.95. The summed E-state index contributed by atoms with van der Waals surface area (Å²) in [4.78, 5) is 25.4. The van der Waals surface area contributed by atoms with Gasteiger partial charge >= 0.3 is 5.97 Å². The zero-order valence-electron chi connectivity index (χ0n) is 8.58. The normalized spacial score (nSPS) is 11.6. The lowest BCUT2D eigenvalue weighted by Crippen LogP contribution is -2.08. The number of carbonyl (C=O) groups excluding carboxylic acids is 1. The molecule has 1 rings (SSSR count). The summed E-state index contributed by atoms with van der Waals surface area (Å²) in [5, 5.41) is 12.1. The summed E-state index contributed by atoms with van der Waals surface area (Å²) in [6, 6.07) is 2.89. The van der Waals surface area contributed by atoms with E-state index in [-0.39, 0.29) is 12.2 Å². The third kappa shape index (κ3) is 2.63. The van der Waals surface area contributed by atoms with E-state index in [1.807, 2.05) is 0 Å². The van der Waals surface area contributed by atoms with Gasteiger partial charge in [0.2, 0.25) is 5.70 Å². The van der Waals surface area contributed by atoms with E-state index in [0.29, 0.717) is 0 Å². The van der Waals surface area contributed by atoms with Gasteiger partial charge in [0.15, 0.2) is 5.76 Å². The Balaban J connectivity index is 3.09. The van der Waals surface area contributed by atoms with Gasteiger partial charge in [-0.1, -0.05) is 0 Å². The van der Waals surface area contributed by atoms with Gasteiger partial charge in [-0.15, -0.1) is 4.91 Å². The molecule has 0 spiro atoms. The Morgan fingerprint density at radius 2 is 2.12 bits per heavy atom. The van der Waals surface area contributed by atoms with Crippen LogP contribution in [0, 0.1) is 4.91 Å². The van der Waals surface area contributed by atoms with Crippen LogP contribution in [0.25, 0.3) is 5.76 Å². The van der Waals surface area contributed by atoms with E-state index < -0.39 is 17.4 Å². The molecule has 0 atom stereocenters. The van der Waals surface area contributed by atoms with Crippen LogP contribution in [0.4, 0.5) is 0 Å². The van der Waals surface area contributed by atoms with E-state index in [0.717, 1.165) is 0 Å². The number of aliphatic hydroxyl groups is 1. The van der Waals surface area contributed by atoms with Crippen molar-refractivity contribution in [2.45, 2.75) is 6.92 Å². The van der Waals surface area contributed by atoms with Crippen LogP contribution in [0.2, 0.25) is 0 Å². The fourth-order valence-corrected chi connectivity index (χ4v) is 1.02. The Kier molecular flexibility index (Phi) is 4.14. The van der Waals surface area contributed by atoms with E-state index in [4.69, 9.17) is 0 Å². The first kappa shape index (κ1) is 11.8. The van der Waals surface area contributed by atoms with Crippen LogP contribution in [0.3, 0.4) is 0 Å². The van der Waals surface area contributed by atoms with Gasteiger partial charge in [-0.2, -0.15) is 0 Å². The first-order valence-electron chi connectivity index (χ1n) is 4.54. The molecule has 0 aliphatic carbocycles. The molecule has 0 saturated heterocycles. The molecule has 0 bridgehead atoms. The lowest BCUT2D eigenvalue weighted by atomic mass is 10.2. The molecule has 0 amide bonds. The molecule has 0 radical (unpaired) electrons. The third-order valence-corrected chi connectivity index (χ3v) is 1.74. The van der Waals surface area contributed by atoms with Crippen LogP contribution in [0.1, 0.15) is 12.5 Å². The molecule has 0 saturated carbocycles. The van der Waals surface area contributed by atoms with Gasteiger partial charge in [0.1, 0.15) is 0 Å². The number of carbonyl (C=O) groups is 1. The molecule has 1 heterocycles. The molecule has 6 heteroatoms. The van der Waals surface area contributed by atoms with Crippen molar-refractivity contribution in [3.8, 4) is 0 Å². The second kappa shape index (κ2) is 5.59. The van der Waals surface area contributed by atoms with E-state index in [1.165, 1.54) is 24.5 Å². The Labute approximate surface area is 91.6 Å². The number of hydrogen-bond donors (Lipinski definition) is 1. The molecule has 1 N–H and O–H groups in total. The van der Waals surface area contributed by atoms with Crippen molar-refractivity contribution < 1.29 is 14.6 Å². The van der Waals surface area contributed by atoms with Crippen molar-refractivity contribution >= 4 is 11.7 Å². The Hall–Kier alpha value is -2.24. The summed E-state index contributed by atoms with van der Waals surface area (Å²) in [6.07, 6.45) is 2.83. The zero-order valence-corrected chi connectivity index (χ0v) is 8.58. The molecular weight excluding hydrogens is 212 g/mol. The molecule has 0 fully saturated rings. The number of aliphatic hydroxyl groups excluding tert-OH is 1. The van der Waals surface area contributed by atoms with Gasteiger partial charge in [0.05, 0.1) is 6.61 Å². The molecule has 0 aliphatic heterocycles. The van der Waals surface area contributed by atoms with Crippen molar-refractivity contribution in [2.75, 3.05) is 6.61 Å². The second-order valence-electron chi connectivity index (χ2n) is 2.74. The van der Waals surface area contributed by atoms with Gasteiger partial charge < -0.3 is 9.84 Å². The fraction of sp³-hybridized carbons (Fsp3) is 0.200. The van der Waals surface area contributed by atoms with Gasteiger partial charge in [-0.25, -0.2) is 4.79 Å². The maximum Gasteiger partial charge on any atom is 0.364 e. The Morgan fingerprint density at radius 3 is 2.62 bits per heavy atom. The fourth-order valence-electron chi connectivity index (χ4n) is 1.02. The number of esters is 1. The number of aromatic nitrogens is 1. The van der Waals surface area contributed by atoms with Crippen LogP contribution in [-0.2, 0) is 9.53 Å². The zero-order chi connectivity index (χ0) is 12.0. The van der Waals surface area contributed by atoms with Crippen molar-refractivity contribution in [3.05, 3.63) is 40.7 Å². The second-order valence-corrected chi connectivity index (χ2v) is 2.74. The lowest BCUT2D eigenvalue weighted by Gasteiger charge is -2.03. The molecule has 0 aliphatic rings. The topological polar surface area (TPSA) is 88.8 Å². The average molecular weight is 222 g/mol. The molecule has 84 valence electrons. The summed E-state index contributed by atoms with van der Waals surface area (Å²) in [6.45, 7) is 1.69. The third-order valence-electron chi connectivity index (χ3n) is 1.74. The first-order chi connectivity index (χ1) is 7.70. The Bertz CT molecular complexity index is 414. The van der Waals surface area contributed by atoms with Crippen molar-refractivity contribution in [2.24, 2.45) is 5.18 Å². The van der Waals surface area contributed by atoms with Crippen LogP contribution in [0.5, 0.6) is 0 Å². The first-order valence-corrected chi connectivity index (χ1v) is 4.54. The maximum atomic E-state index is 11.2. The smallest absolute Gasteiger partial charge is 0.364 e. The largest absolute Gasteiger partial charge is 0.505 e. The number of nitroso groups, excluding NO2 is 1. The molecular formula is C10H10N2O4. The molecule has 6 nitrogen and oxygen atoms in total. The van der Waals surface area contributed by atoms with Crippen molar-refractivity contribution in [3.63, 3.8) is 0 Å². The van der Waals surface area contributed by atoms with E-state index in [1.54, 1.807) is 6.92 Å². The molecule has 1 aromatic heterocycles. The minimum Gasteiger partial charge on any atom is -0.505 e. The highest BCUT2D eigenvalue weighted by atomic mass is 16.5. The van der Waals surface area contributed by atoms with Crippen molar-refractivity contribution in [1.29, 1.82) is 0 Å². The van der Waals surface area contributed by atoms with Crippen molar-refractivity contribution in [1.82, 2.24) is 4.98 Å². The van der Waals surface area contributed by atoms with Gasteiger partial charge in [-0.05, 0) is 24.2 Å². The average Bonchev–Trinajstić information content (AvgIpc) is 2.31. The maximum absolute atomic E-state index is 11.2. The summed E-state index contributed by atoms with van der Waals surface area (Å²) >= 11 is 0. The number of pyridine rings is 1. The number of rotatable bonds is 4. The monoisotopic (exact) mass is 222 g/mol. The van der Waals surface area contributed by atoms with Gasteiger partial charge in [0.25, 0.3) is 0 Å². The Morgan fingerprint density at radius 1 is 1.50 bits per heavy atom. The van der Waals surface area contributed by atoms with Gasteiger partial charge in [-0.3, -0.25) is 4.98 Å². The number of ether oxygens (including phenoxy) is 1. The summed E-state index contributed by atoms with van der Waals surface area (Å²) in [7, 11) is 0. The van der Waals surface area contributed by atoms with Crippen LogP contribution < -0.4 is 0 Å². The molecule has 1 aromatic rings. The number of nitrogens with zero attached hydrogens (tertiary/aromatic N) is 2. The summed E-state index contributed by atoms with van der Waals surface area (Å²) in [5.74, 6) is -1.47. The SMILES string of the molecule is CCOC(=O)/C(N=O)=C(/O)c1ccncc1. The minimum absolute atomic E-state index is 0.0987. The molecule has 16 heavy (non-hydrogen) atoms. The minimum atomic E-state index is -0.952. The van der Waals surface area contributed by atoms with E-state index >= 15 is 0 Å². The summed E-state index contributed by atoms with van der Waals surface area (Å²) in [5.41, 5.74) is -0.370. The quantitative estimate of drug-likeness (QED) is 0.362. The predicted octanol–water partition coefficient (Wildman–Crippen LogP) is 1.64. The number of hydrogen-bond acceptors (Lipinski definition) is 6. The van der Waals surface area contributed by atoms with Crippen LogP contribution in [0.15, 0.2) is 35.4 Å². The predicted molar refractivity (Wildman–Crippen MR) is 56.2 cm³/mol. The standard InChI is InChI=1S/C10H10N2O4/c1-2-16-10(14)8(12-15)9(13)7-3-5-11-6-4-7/h3-6,13H,2H2,1H3/b9-8-. The molecule has 0 aromatic carbocycles. The highest BCUT2D eigenvalue weighted by Gasteiger charge is 2.18. The van der Waals surface area contributed by atoms with Crippen LogP contribution in [-0.4, -0.2) is 22.7 Å². The van der Waals surface area contributed by atoms with Gasteiger partial charge in [0, 0.05) is 18.0 Å². The van der Waals surface area contributed by atoms with Crippen LogP contribution >= 0.6 is 0 Å². The lowest BCUT2D eigenvalue weighted by molar-refractivity contribution is -0.138. The highest BCUT2D eigenvalue weighted by Crippen LogP contribution is 2.16. The van der Waals surface area contributed by atoms with E-state index in [9.17, 15) is 14.8 Å². The molecule has 0 unspecified atom stereocenters.